The number of rotatable bonds is 7. The quantitative estimate of drug-likeness (QED) is 0.200. The summed E-state index contributed by atoms with van der Waals surface area (Å²) in [5, 5.41) is 5.05. The minimum atomic E-state index is -4.47. The number of halogens is 2. The van der Waals surface area contributed by atoms with Gasteiger partial charge in [0.25, 0.3) is 5.56 Å². The SMILES string of the molecule is CC(C)(c1nc(-c2ccccc2)c(-c2cccc(NS(=O)(=O)O)c2)s1)c1c(Cl)cc(-n2ncc(=O)[nH]c2=O)cc1Cl. The van der Waals surface area contributed by atoms with E-state index in [2.05, 4.69) is 14.8 Å². The molecule has 3 N–H and O–H groups in total. The highest BCUT2D eigenvalue weighted by Gasteiger charge is 2.33. The Kier molecular flexibility index (Phi) is 7.62. The van der Waals surface area contributed by atoms with E-state index in [0.29, 0.717) is 21.8 Å². The Morgan fingerprint density at radius 1 is 0.976 bits per heavy atom. The van der Waals surface area contributed by atoms with Gasteiger partial charge in [-0.3, -0.25) is 19.1 Å². The van der Waals surface area contributed by atoms with Crippen LogP contribution in [0.3, 0.4) is 0 Å². The normalized spacial score (nSPS) is 11.9. The zero-order chi connectivity index (χ0) is 29.5. The highest BCUT2D eigenvalue weighted by molar-refractivity contribution is 7.87. The highest BCUT2D eigenvalue weighted by atomic mass is 35.5. The van der Waals surface area contributed by atoms with Gasteiger partial charge in [0.1, 0.15) is 11.2 Å². The van der Waals surface area contributed by atoms with E-state index in [1.807, 2.05) is 50.2 Å². The number of aromatic nitrogens is 4. The van der Waals surface area contributed by atoms with Crippen LogP contribution in [0.2, 0.25) is 10.0 Å². The highest BCUT2D eigenvalue weighted by Crippen LogP contribution is 2.47. The van der Waals surface area contributed by atoms with E-state index in [1.165, 1.54) is 29.5 Å². The van der Waals surface area contributed by atoms with Crippen molar-refractivity contribution in [2.24, 2.45) is 0 Å². The summed E-state index contributed by atoms with van der Waals surface area (Å²) >= 11 is 14.9. The molecule has 2 heterocycles. The van der Waals surface area contributed by atoms with Crippen molar-refractivity contribution < 1.29 is 13.0 Å². The first-order valence-corrected chi connectivity index (χ1v) is 15.0. The summed E-state index contributed by atoms with van der Waals surface area (Å²) < 4.78 is 35.2. The first-order valence-electron chi connectivity index (χ1n) is 11.9. The van der Waals surface area contributed by atoms with Crippen LogP contribution in [-0.4, -0.2) is 32.7 Å². The lowest BCUT2D eigenvalue weighted by Crippen LogP contribution is -2.30. The molecule has 0 unspecified atom stereocenters. The number of hydrogen-bond acceptors (Lipinski definition) is 7. The van der Waals surface area contributed by atoms with E-state index >= 15 is 0 Å². The standard InChI is InChI=1S/C27H21Cl2N5O5S2/c1-27(2,22-19(28)12-18(13-20(22)29)34-26(36)31-21(35)14-30-34)25-32-23(15-7-4-3-5-8-15)24(40-25)16-9-6-10-17(11-16)33-41(37,38)39/h3-14,33H,1-2H3,(H,31,35,36)(H,37,38,39). The Bertz CT molecular complexity index is 1980. The molecule has 0 amide bonds. The fourth-order valence-corrected chi connectivity index (χ4v) is 6.94. The number of H-pyrrole nitrogens is 1. The number of anilines is 1. The van der Waals surface area contributed by atoms with Crippen molar-refractivity contribution in [3.63, 3.8) is 0 Å². The Morgan fingerprint density at radius 2 is 1.63 bits per heavy atom. The van der Waals surface area contributed by atoms with Gasteiger partial charge in [-0.15, -0.1) is 11.3 Å². The molecule has 10 nitrogen and oxygen atoms in total. The summed E-state index contributed by atoms with van der Waals surface area (Å²) in [7, 11) is -4.47. The van der Waals surface area contributed by atoms with Gasteiger partial charge in [-0.1, -0.05) is 65.7 Å². The zero-order valence-electron chi connectivity index (χ0n) is 21.4. The molecule has 0 atom stereocenters. The molecule has 5 rings (SSSR count). The van der Waals surface area contributed by atoms with Crippen LogP contribution in [0.4, 0.5) is 5.69 Å². The first kappa shape index (κ1) is 28.7. The van der Waals surface area contributed by atoms with Crippen molar-refractivity contribution in [2.45, 2.75) is 19.3 Å². The van der Waals surface area contributed by atoms with Crippen LogP contribution < -0.4 is 16.0 Å². The fourth-order valence-electron chi connectivity index (χ4n) is 4.37. The number of benzene rings is 3. The van der Waals surface area contributed by atoms with Crippen molar-refractivity contribution in [2.75, 3.05) is 4.72 Å². The van der Waals surface area contributed by atoms with E-state index in [9.17, 15) is 22.6 Å². The van der Waals surface area contributed by atoms with Gasteiger partial charge in [-0.05, 0) is 43.7 Å². The maximum absolute atomic E-state index is 12.3. The number of thiazole rings is 1. The third kappa shape index (κ3) is 5.97. The lowest BCUT2D eigenvalue weighted by Gasteiger charge is -2.26. The van der Waals surface area contributed by atoms with Crippen molar-refractivity contribution in [1.82, 2.24) is 19.7 Å². The summed E-state index contributed by atoms with van der Waals surface area (Å²) in [5.41, 5.74) is 0.998. The first-order chi connectivity index (χ1) is 19.3. The van der Waals surface area contributed by atoms with Crippen LogP contribution >= 0.6 is 34.5 Å². The molecule has 2 aromatic heterocycles. The molecule has 5 aromatic rings. The minimum Gasteiger partial charge on any atom is -0.271 e. The van der Waals surface area contributed by atoms with Crippen LogP contribution in [0.25, 0.3) is 27.4 Å². The molecule has 210 valence electrons. The zero-order valence-corrected chi connectivity index (χ0v) is 24.6. The molecular formula is C27H21Cl2N5O5S2. The van der Waals surface area contributed by atoms with Crippen LogP contribution in [0.15, 0.2) is 82.5 Å². The largest absolute Gasteiger partial charge is 0.357 e. The van der Waals surface area contributed by atoms with Gasteiger partial charge in [0, 0.05) is 26.6 Å². The second-order valence-electron chi connectivity index (χ2n) is 9.48. The molecule has 41 heavy (non-hydrogen) atoms. The van der Waals surface area contributed by atoms with E-state index in [-0.39, 0.29) is 21.4 Å². The number of nitrogens with one attached hydrogen (secondary N) is 2. The molecule has 0 aliphatic heterocycles. The van der Waals surface area contributed by atoms with Crippen LogP contribution in [0.1, 0.15) is 24.4 Å². The van der Waals surface area contributed by atoms with Crippen LogP contribution in [0.5, 0.6) is 0 Å². The molecule has 0 bridgehead atoms. The summed E-state index contributed by atoms with van der Waals surface area (Å²) in [6.07, 6.45) is 0.976. The predicted molar refractivity (Wildman–Crippen MR) is 161 cm³/mol. The predicted octanol–water partition coefficient (Wildman–Crippen LogP) is 5.56. The van der Waals surface area contributed by atoms with Crippen LogP contribution in [-0.2, 0) is 15.7 Å². The average Bonchev–Trinajstić information content (AvgIpc) is 3.34. The molecule has 0 radical (unpaired) electrons. The molecule has 0 aliphatic rings. The Hall–Kier alpha value is -3.81. The summed E-state index contributed by atoms with van der Waals surface area (Å²) in [4.78, 5) is 31.6. The molecule has 0 saturated carbocycles. The van der Waals surface area contributed by atoms with E-state index in [1.54, 1.807) is 12.1 Å². The molecule has 0 fully saturated rings. The maximum Gasteiger partial charge on any atom is 0.357 e. The lowest BCUT2D eigenvalue weighted by atomic mass is 9.85. The second kappa shape index (κ2) is 10.9. The van der Waals surface area contributed by atoms with Gasteiger partial charge in [0.05, 0.1) is 21.9 Å². The summed E-state index contributed by atoms with van der Waals surface area (Å²) in [6, 6.07) is 19.2. The summed E-state index contributed by atoms with van der Waals surface area (Å²) in [5.74, 6) is 0. The van der Waals surface area contributed by atoms with Crippen molar-refractivity contribution in [3.8, 4) is 27.4 Å². The Labute approximate surface area is 248 Å². The smallest absolute Gasteiger partial charge is 0.271 e. The second-order valence-corrected chi connectivity index (χ2v) is 12.4. The Balaban J connectivity index is 1.65. The van der Waals surface area contributed by atoms with Gasteiger partial charge in [0.2, 0.25) is 0 Å². The fraction of sp³-hybridized carbons (Fsp3) is 0.111. The van der Waals surface area contributed by atoms with E-state index in [0.717, 1.165) is 21.3 Å². The number of nitrogens with zero attached hydrogens (tertiary/aromatic N) is 3. The third-order valence-corrected chi connectivity index (χ3v) is 8.71. The third-order valence-electron chi connectivity index (χ3n) is 6.19. The van der Waals surface area contributed by atoms with Gasteiger partial charge < -0.3 is 0 Å². The van der Waals surface area contributed by atoms with Crippen molar-refractivity contribution in [3.05, 3.63) is 114 Å². The van der Waals surface area contributed by atoms with Gasteiger partial charge in [0.15, 0.2) is 0 Å². The molecule has 14 heteroatoms. The van der Waals surface area contributed by atoms with Crippen LogP contribution in [0, 0.1) is 0 Å². The topological polar surface area (TPSA) is 147 Å². The molecule has 0 saturated heterocycles. The van der Waals surface area contributed by atoms with E-state index < -0.39 is 27.0 Å². The average molecular weight is 631 g/mol. The molecule has 0 aliphatic carbocycles. The maximum atomic E-state index is 12.3. The van der Waals surface area contributed by atoms with Gasteiger partial charge in [-0.25, -0.2) is 9.78 Å². The van der Waals surface area contributed by atoms with Gasteiger partial charge >= 0.3 is 16.0 Å². The van der Waals surface area contributed by atoms with Crippen molar-refractivity contribution in [1.29, 1.82) is 0 Å². The molecule has 0 spiro atoms. The number of aromatic amines is 1. The van der Waals surface area contributed by atoms with E-state index in [4.69, 9.17) is 28.2 Å². The Morgan fingerprint density at radius 3 is 2.27 bits per heavy atom. The summed E-state index contributed by atoms with van der Waals surface area (Å²) in [6.45, 7) is 3.83. The monoisotopic (exact) mass is 629 g/mol. The minimum absolute atomic E-state index is 0.186. The molecular weight excluding hydrogens is 609 g/mol. The van der Waals surface area contributed by atoms with Gasteiger partial charge in [-0.2, -0.15) is 18.2 Å². The molecule has 3 aromatic carbocycles. The lowest BCUT2D eigenvalue weighted by molar-refractivity contribution is 0.489. The van der Waals surface area contributed by atoms with Crippen molar-refractivity contribution >= 4 is 50.5 Å². The number of hydrogen-bond donors (Lipinski definition) is 3.